The Morgan fingerprint density at radius 3 is 2.68 bits per heavy atom. The van der Waals surface area contributed by atoms with E-state index in [1.165, 1.54) is 0 Å². The number of benzene rings is 2. The van der Waals surface area contributed by atoms with Gasteiger partial charge in [-0.25, -0.2) is 0 Å². The maximum Gasteiger partial charge on any atom is 0.253 e. The van der Waals surface area contributed by atoms with E-state index in [1.807, 2.05) is 36.1 Å². The van der Waals surface area contributed by atoms with Crippen LogP contribution in [0.2, 0.25) is 0 Å². The molecule has 1 aliphatic heterocycles. The molecule has 1 aromatic heterocycles. The van der Waals surface area contributed by atoms with Crippen LogP contribution in [0.4, 0.5) is 0 Å². The molecule has 1 fully saturated rings. The van der Waals surface area contributed by atoms with Gasteiger partial charge in [-0.05, 0) is 55.7 Å². The standard InChI is InChI=1S/C22H23N3O3/c1-15-6-3-4-8-19(15)21-24-23-20(28-21)17-7-5-13-25(14-17)22(26)16-9-11-18(27-2)12-10-16/h3-4,6,8-12,17H,5,7,13-14H2,1-2H3/t17-/m0/s1. The molecule has 0 N–H and O–H groups in total. The number of carbonyl (C=O) groups is 1. The van der Waals surface area contributed by atoms with Crippen LogP contribution in [0.5, 0.6) is 5.75 Å². The second-order valence-electron chi connectivity index (χ2n) is 7.08. The average molecular weight is 377 g/mol. The van der Waals surface area contributed by atoms with Crippen molar-refractivity contribution in [3.63, 3.8) is 0 Å². The third-order valence-corrected chi connectivity index (χ3v) is 5.21. The molecule has 1 aliphatic rings. The average Bonchev–Trinajstić information content (AvgIpc) is 3.24. The largest absolute Gasteiger partial charge is 0.497 e. The van der Waals surface area contributed by atoms with Crippen LogP contribution in [0, 0.1) is 6.92 Å². The van der Waals surface area contributed by atoms with E-state index in [0.717, 1.165) is 36.3 Å². The Balaban J connectivity index is 1.49. The summed E-state index contributed by atoms with van der Waals surface area (Å²) in [6.07, 6.45) is 1.84. The monoisotopic (exact) mass is 377 g/mol. The zero-order valence-electron chi connectivity index (χ0n) is 16.1. The molecule has 4 rings (SSSR count). The highest BCUT2D eigenvalue weighted by molar-refractivity contribution is 5.94. The molecule has 0 saturated carbocycles. The fourth-order valence-corrected chi connectivity index (χ4v) is 3.60. The summed E-state index contributed by atoms with van der Waals surface area (Å²) in [5, 5.41) is 8.51. The van der Waals surface area contributed by atoms with Crippen molar-refractivity contribution >= 4 is 5.91 Å². The van der Waals surface area contributed by atoms with Crippen molar-refractivity contribution in [2.75, 3.05) is 20.2 Å². The minimum atomic E-state index is 0.0194. The highest BCUT2D eigenvalue weighted by atomic mass is 16.5. The molecule has 1 saturated heterocycles. The fraction of sp³-hybridized carbons (Fsp3) is 0.318. The van der Waals surface area contributed by atoms with Crippen LogP contribution in [0.3, 0.4) is 0 Å². The van der Waals surface area contributed by atoms with Crippen LogP contribution in [-0.4, -0.2) is 41.2 Å². The number of carbonyl (C=O) groups excluding carboxylic acids is 1. The van der Waals surface area contributed by atoms with Gasteiger partial charge in [-0.1, -0.05) is 18.2 Å². The van der Waals surface area contributed by atoms with Crippen molar-refractivity contribution in [1.29, 1.82) is 0 Å². The summed E-state index contributed by atoms with van der Waals surface area (Å²) in [6, 6.07) is 15.2. The van der Waals surface area contributed by atoms with Crippen LogP contribution in [-0.2, 0) is 0 Å². The molecule has 0 radical (unpaired) electrons. The van der Waals surface area contributed by atoms with E-state index in [9.17, 15) is 4.79 Å². The zero-order chi connectivity index (χ0) is 19.5. The number of ether oxygens (including phenoxy) is 1. The van der Waals surface area contributed by atoms with E-state index in [-0.39, 0.29) is 11.8 Å². The van der Waals surface area contributed by atoms with E-state index >= 15 is 0 Å². The van der Waals surface area contributed by atoms with Crippen molar-refractivity contribution in [3.05, 3.63) is 65.5 Å². The number of piperidine rings is 1. The van der Waals surface area contributed by atoms with Gasteiger partial charge in [-0.15, -0.1) is 10.2 Å². The lowest BCUT2D eigenvalue weighted by Gasteiger charge is -2.31. The molecular formula is C22H23N3O3. The number of aryl methyl sites for hydroxylation is 1. The fourth-order valence-electron chi connectivity index (χ4n) is 3.60. The Bertz CT molecular complexity index is 965. The molecule has 3 aromatic rings. The van der Waals surface area contributed by atoms with Crippen LogP contribution in [0.25, 0.3) is 11.5 Å². The van der Waals surface area contributed by atoms with Gasteiger partial charge < -0.3 is 14.1 Å². The number of hydrogen-bond donors (Lipinski definition) is 0. The van der Waals surface area contributed by atoms with Crippen molar-refractivity contribution < 1.29 is 13.9 Å². The molecule has 1 amide bonds. The molecule has 28 heavy (non-hydrogen) atoms. The predicted molar refractivity (Wildman–Crippen MR) is 105 cm³/mol. The second-order valence-corrected chi connectivity index (χ2v) is 7.08. The van der Waals surface area contributed by atoms with Gasteiger partial charge in [0, 0.05) is 24.2 Å². The van der Waals surface area contributed by atoms with Crippen LogP contribution in [0.15, 0.2) is 52.9 Å². The molecule has 144 valence electrons. The molecule has 0 aliphatic carbocycles. The lowest BCUT2D eigenvalue weighted by Crippen LogP contribution is -2.39. The van der Waals surface area contributed by atoms with Gasteiger partial charge in [0.05, 0.1) is 13.0 Å². The zero-order valence-corrected chi connectivity index (χ0v) is 16.1. The molecule has 2 aromatic carbocycles. The third-order valence-electron chi connectivity index (χ3n) is 5.21. The lowest BCUT2D eigenvalue weighted by molar-refractivity contribution is 0.0698. The highest BCUT2D eigenvalue weighted by Crippen LogP contribution is 2.30. The van der Waals surface area contributed by atoms with Gasteiger partial charge in [-0.2, -0.15) is 0 Å². The Hall–Kier alpha value is -3.15. The maximum absolute atomic E-state index is 12.9. The summed E-state index contributed by atoms with van der Waals surface area (Å²) < 4.78 is 11.1. The molecule has 0 bridgehead atoms. The van der Waals surface area contributed by atoms with Gasteiger partial charge in [0.2, 0.25) is 11.8 Å². The van der Waals surface area contributed by atoms with Crippen molar-refractivity contribution in [3.8, 4) is 17.2 Å². The minimum absolute atomic E-state index is 0.0194. The number of rotatable bonds is 4. The Labute approximate surface area is 164 Å². The molecule has 0 spiro atoms. The first-order chi connectivity index (χ1) is 13.7. The number of methoxy groups -OCH3 is 1. The van der Waals surface area contributed by atoms with E-state index in [4.69, 9.17) is 9.15 Å². The third kappa shape index (κ3) is 3.63. The molecule has 6 nitrogen and oxygen atoms in total. The maximum atomic E-state index is 12.9. The molecule has 0 unspecified atom stereocenters. The Morgan fingerprint density at radius 2 is 1.93 bits per heavy atom. The minimum Gasteiger partial charge on any atom is -0.497 e. The number of likely N-dealkylation sites (tertiary alicyclic amines) is 1. The SMILES string of the molecule is COc1ccc(C(=O)N2CCC[C@H](c3nnc(-c4ccccc4C)o3)C2)cc1. The molecular weight excluding hydrogens is 354 g/mol. The first-order valence-corrected chi connectivity index (χ1v) is 9.48. The number of amides is 1. The summed E-state index contributed by atoms with van der Waals surface area (Å²) in [5.74, 6) is 1.95. The second kappa shape index (κ2) is 7.84. The van der Waals surface area contributed by atoms with E-state index in [0.29, 0.717) is 23.9 Å². The van der Waals surface area contributed by atoms with Gasteiger partial charge in [0.1, 0.15) is 5.75 Å². The van der Waals surface area contributed by atoms with E-state index < -0.39 is 0 Å². The normalized spacial score (nSPS) is 16.8. The summed E-state index contributed by atoms with van der Waals surface area (Å²) in [6.45, 7) is 3.34. The first kappa shape index (κ1) is 18.2. The predicted octanol–water partition coefficient (Wildman–Crippen LogP) is 4.07. The van der Waals surface area contributed by atoms with Gasteiger partial charge in [0.15, 0.2) is 0 Å². The summed E-state index contributed by atoms with van der Waals surface area (Å²) >= 11 is 0. The smallest absolute Gasteiger partial charge is 0.253 e. The first-order valence-electron chi connectivity index (χ1n) is 9.48. The van der Waals surface area contributed by atoms with Gasteiger partial charge in [0.25, 0.3) is 5.91 Å². The number of nitrogens with zero attached hydrogens (tertiary/aromatic N) is 3. The molecule has 1 atom stereocenters. The molecule has 6 heteroatoms. The topological polar surface area (TPSA) is 68.5 Å². The summed E-state index contributed by atoms with van der Waals surface area (Å²) in [5.41, 5.74) is 2.70. The van der Waals surface area contributed by atoms with E-state index in [2.05, 4.69) is 10.2 Å². The van der Waals surface area contributed by atoms with Crippen molar-refractivity contribution in [1.82, 2.24) is 15.1 Å². The highest BCUT2D eigenvalue weighted by Gasteiger charge is 2.29. The Kier molecular flexibility index (Phi) is 5.10. The lowest BCUT2D eigenvalue weighted by atomic mass is 9.97. The number of aromatic nitrogens is 2. The van der Waals surface area contributed by atoms with Gasteiger partial charge >= 0.3 is 0 Å². The molecule has 2 heterocycles. The van der Waals surface area contributed by atoms with Gasteiger partial charge in [-0.3, -0.25) is 4.79 Å². The van der Waals surface area contributed by atoms with Crippen LogP contribution < -0.4 is 4.74 Å². The Morgan fingerprint density at radius 1 is 1.14 bits per heavy atom. The number of hydrogen-bond acceptors (Lipinski definition) is 5. The quantitative estimate of drug-likeness (QED) is 0.685. The summed E-state index contributed by atoms with van der Waals surface area (Å²) in [7, 11) is 1.61. The van der Waals surface area contributed by atoms with Crippen molar-refractivity contribution in [2.24, 2.45) is 0 Å². The van der Waals surface area contributed by atoms with Crippen LogP contribution >= 0.6 is 0 Å². The van der Waals surface area contributed by atoms with Crippen molar-refractivity contribution in [2.45, 2.75) is 25.7 Å². The summed E-state index contributed by atoms with van der Waals surface area (Å²) in [4.78, 5) is 14.7. The van der Waals surface area contributed by atoms with Crippen LogP contribution in [0.1, 0.15) is 40.6 Å². The van der Waals surface area contributed by atoms with E-state index in [1.54, 1.807) is 31.4 Å².